The summed E-state index contributed by atoms with van der Waals surface area (Å²) < 4.78 is 22.9. The fourth-order valence-corrected chi connectivity index (χ4v) is 13.3. The summed E-state index contributed by atoms with van der Waals surface area (Å²) >= 11 is 0. The Morgan fingerprint density at radius 2 is 0.533 bits per heavy atom. The molecule has 0 saturated carbocycles. The van der Waals surface area contributed by atoms with Gasteiger partial charge in [-0.1, -0.05) is 424 Å². The van der Waals surface area contributed by atoms with Crippen molar-refractivity contribution in [3.05, 3.63) is 122 Å². The fourth-order valence-electron chi connectivity index (χ4n) is 13.3. The molecule has 0 fully saturated rings. The Bertz CT molecular complexity index is 2190. The number of carbonyl (C=O) groups excluding carboxylic acids is 3. The Kier molecular flexibility index (Phi) is 83.8. The predicted molar refractivity (Wildman–Crippen MR) is 463 cm³/mol. The first kappa shape index (κ1) is 103. The molecular formula is C98H173NO8. The topological polar surface area (TPSA) is 111 Å². The maximum atomic E-state index is 13.0. The maximum absolute atomic E-state index is 13.0. The Morgan fingerprint density at radius 1 is 0.290 bits per heavy atom. The second-order valence-electron chi connectivity index (χ2n) is 31.9. The minimum Gasteiger partial charge on any atom is -0.545 e. The number of ether oxygens (including phenoxy) is 4. The monoisotopic (exact) mass is 1490 g/mol. The third-order valence-corrected chi connectivity index (χ3v) is 20.2. The molecule has 0 aliphatic rings. The number of quaternary nitrogens is 1. The van der Waals surface area contributed by atoms with E-state index in [2.05, 4.69) is 135 Å². The second kappa shape index (κ2) is 87.3. The molecule has 0 aromatic heterocycles. The van der Waals surface area contributed by atoms with E-state index in [9.17, 15) is 19.5 Å². The van der Waals surface area contributed by atoms with Crippen LogP contribution in [-0.2, 0) is 33.3 Å². The van der Waals surface area contributed by atoms with Crippen molar-refractivity contribution in [2.24, 2.45) is 0 Å². The highest BCUT2D eigenvalue weighted by Gasteiger charge is 2.22. The van der Waals surface area contributed by atoms with Gasteiger partial charge in [-0.3, -0.25) is 9.59 Å². The molecule has 0 aliphatic carbocycles. The Morgan fingerprint density at radius 3 is 0.794 bits per heavy atom. The minimum atomic E-state index is -1.62. The van der Waals surface area contributed by atoms with Crippen LogP contribution in [-0.4, -0.2) is 82.3 Å². The van der Waals surface area contributed by atoms with Crippen LogP contribution in [0.2, 0.25) is 0 Å². The zero-order valence-electron chi connectivity index (χ0n) is 71.0. The van der Waals surface area contributed by atoms with Gasteiger partial charge in [0, 0.05) is 12.8 Å². The van der Waals surface area contributed by atoms with Gasteiger partial charge in [0.15, 0.2) is 12.4 Å². The third-order valence-electron chi connectivity index (χ3n) is 20.2. The molecule has 0 N–H and O–H groups in total. The fraction of sp³-hybridized carbons (Fsp3) is 0.765. The molecule has 0 aromatic rings. The zero-order chi connectivity index (χ0) is 77.4. The highest BCUT2D eigenvalue weighted by Crippen LogP contribution is 2.20. The number of esters is 2. The molecule has 9 heteroatoms. The third kappa shape index (κ3) is 88.8. The van der Waals surface area contributed by atoms with Crippen LogP contribution in [0.15, 0.2) is 122 Å². The van der Waals surface area contributed by atoms with E-state index in [1.54, 1.807) is 0 Å². The zero-order valence-corrected chi connectivity index (χ0v) is 71.0. The van der Waals surface area contributed by atoms with Crippen LogP contribution in [0.5, 0.6) is 0 Å². The van der Waals surface area contributed by atoms with E-state index in [4.69, 9.17) is 18.9 Å². The lowest BCUT2D eigenvalue weighted by Gasteiger charge is -2.26. The lowest BCUT2D eigenvalue weighted by atomic mass is 10.0. The first-order valence-electron chi connectivity index (χ1n) is 45.7. The van der Waals surface area contributed by atoms with Crippen molar-refractivity contribution in [2.75, 3.05) is 47.5 Å². The number of allylic oxidation sites excluding steroid dienone is 20. The average Bonchev–Trinajstić information content (AvgIpc) is 0.965. The van der Waals surface area contributed by atoms with E-state index in [-0.39, 0.29) is 32.2 Å². The standard InChI is InChI=1S/C98H173NO8/c1-6-8-10-12-14-16-18-20-22-24-26-28-30-32-34-36-38-40-42-44-46-48-50-52-54-56-58-60-62-64-66-68-70-72-74-76-78-80-82-84-86-88-95(100)105-92-94(93-106-98(97(102)103)104-91-90-99(3,4)5)107-96(101)89-87-85-83-81-79-77-75-73-71-69-67-65-63-61-59-57-55-53-51-49-47-45-43-41-39-37-35-33-31-29-27-25-23-21-19-17-15-13-11-9-7-2/h9,11,15,17-18,20-21,23-24,26-27,29-30,32-33,35,39,41,45,47,94,98H,6-8,10,12-14,16,19,22,25,28,31,34,36-38,40,42-44,46,48-93H2,1-5H3/b11-9-,17-15-,20-18-,23-21-,26-24-,29-27-,32-30-,35-33-,41-39-,47-45-. The number of likely N-dealkylation sites (N-methyl/N-ethyl adjacent to an activating group) is 1. The van der Waals surface area contributed by atoms with Crippen LogP contribution in [0.1, 0.15) is 425 Å². The number of aliphatic carboxylic acids is 1. The van der Waals surface area contributed by atoms with E-state index in [0.29, 0.717) is 23.9 Å². The van der Waals surface area contributed by atoms with Gasteiger partial charge >= 0.3 is 11.9 Å². The molecule has 0 aliphatic heterocycles. The highest BCUT2D eigenvalue weighted by atomic mass is 16.7. The summed E-state index contributed by atoms with van der Waals surface area (Å²) in [5.41, 5.74) is 0. The summed E-state index contributed by atoms with van der Waals surface area (Å²) in [6.45, 7) is 4.68. The molecule has 0 aromatic carbocycles. The van der Waals surface area contributed by atoms with Gasteiger partial charge in [-0.25, -0.2) is 0 Å². The van der Waals surface area contributed by atoms with E-state index in [1.807, 2.05) is 21.1 Å². The molecule has 2 unspecified atom stereocenters. The smallest absolute Gasteiger partial charge is 0.306 e. The van der Waals surface area contributed by atoms with Crippen molar-refractivity contribution >= 4 is 17.9 Å². The van der Waals surface area contributed by atoms with Crippen molar-refractivity contribution in [2.45, 2.75) is 437 Å². The number of rotatable bonds is 85. The van der Waals surface area contributed by atoms with Crippen molar-refractivity contribution in [1.29, 1.82) is 0 Å². The summed E-state index contributed by atoms with van der Waals surface area (Å²) in [7, 11) is 5.95. The minimum absolute atomic E-state index is 0.147. The van der Waals surface area contributed by atoms with Gasteiger partial charge in [0.2, 0.25) is 0 Å². The van der Waals surface area contributed by atoms with Crippen LogP contribution < -0.4 is 5.11 Å². The Hall–Kier alpha value is -4.31. The summed E-state index contributed by atoms with van der Waals surface area (Å²) in [5, 5.41) is 11.9. The number of carbonyl (C=O) groups is 3. The van der Waals surface area contributed by atoms with Crippen LogP contribution in [0.4, 0.5) is 0 Å². The molecule has 0 bridgehead atoms. The molecule has 9 nitrogen and oxygen atoms in total. The van der Waals surface area contributed by atoms with Gasteiger partial charge in [-0.2, -0.15) is 0 Å². The van der Waals surface area contributed by atoms with Crippen molar-refractivity contribution in [3.63, 3.8) is 0 Å². The number of hydrogen-bond acceptors (Lipinski definition) is 8. The molecular weight excluding hydrogens is 1320 g/mol. The molecule has 0 rings (SSSR count). The normalized spacial score (nSPS) is 13.2. The number of unbranched alkanes of at least 4 members (excludes halogenated alkanes) is 50. The van der Waals surface area contributed by atoms with Crippen LogP contribution in [0, 0.1) is 0 Å². The lowest BCUT2D eigenvalue weighted by Crippen LogP contribution is -2.44. The molecule has 0 radical (unpaired) electrons. The molecule has 2 atom stereocenters. The van der Waals surface area contributed by atoms with Crippen LogP contribution in [0.3, 0.4) is 0 Å². The van der Waals surface area contributed by atoms with Crippen molar-refractivity contribution in [1.82, 2.24) is 0 Å². The molecule has 0 amide bonds. The summed E-state index contributed by atoms with van der Waals surface area (Å²) in [4.78, 5) is 37.7. The quantitative estimate of drug-likeness (QED) is 0.0195. The SMILES string of the molecule is CC/C=C\C/C=C\C/C=C\C/C=C\C/C=C\C/C=C\C/C=C\CCCCCCCCCCCCCCCCCCCCCC(=O)OC(COC(=O)CCCCCCCCCCCCCCCCCCCCCCCCCCCC/C=C\C/C=C\C/C=C\CCCCCCC)COC(OCC[N+](C)(C)C)C(=O)[O-]. The first-order chi connectivity index (χ1) is 52.6. The first-order valence-corrected chi connectivity index (χ1v) is 45.7. The number of hydrogen-bond donors (Lipinski definition) is 0. The highest BCUT2D eigenvalue weighted by molar-refractivity contribution is 5.70. The lowest BCUT2D eigenvalue weighted by molar-refractivity contribution is -0.870. The van der Waals surface area contributed by atoms with Gasteiger partial charge in [0.1, 0.15) is 13.2 Å². The largest absolute Gasteiger partial charge is 0.545 e. The van der Waals surface area contributed by atoms with E-state index >= 15 is 0 Å². The van der Waals surface area contributed by atoms with E-state index < -0.39 is 24.3 Å². The van der Waals surface area contributed by atoms with Gasteiger partial charge in [-0.15, -0.1) is 0 Å². The van der Waals surface area contributed by atoms with E-state index in [0.717, 1.165) is 89.9 Å². The van der Waals surface area contributed by atoms with E-state index in [1.165, 1.54) is 302 Å². The van der Waals surface area contributed by atoms with Crippen molar-refractivity contribution in [3.8, 4) is 0 Å². The van der Waals surface area contributed by atoms with Crippen LogP contribution >= 0.6 is 0 Å². The number of nitrogens with zero attached hydrogens (tertiary/aromatic N) is 1. The van der Waals surface area contributed by atoms with Crippen LogP contribution in [0.25, 0.3) is 0 Å². The van der Waals surface area contributed by atoms with Gasteiger partial charge in [-0.05, 0) is 109 Å². The predicted octanol–water partition coefficient (Wildman–Crippen LogP) is 28.8. The molecule has 618 valence electrons. The maximum Gasteiger partial charge on any atom is 0.306 e. The average molecular weight is 1490 g/mol. The van der Waals surface area contributed by atoms with Gasteiger partial charge in [0.05, 0.1) is 40.3 Å². The van der Waals surface area contributed by atoms with Gasteiger partial charge in [0.25, 0.3) is 0 Å². The molecule has 0 spiro atoms. The summed E-state index contributed by atoms with van der Waals surface area (Å²) in [5.74, 6) is -2.26. The van der Waals surface area contributed by atoms with Crippen molar-refractivity contribution < 1.29 is 42.9 Å². The van der Waals surface area contributed by atoms with Gasteiger partial charge < -0.3 is 33.3 Å². The Balaban J connectivity index is 3.93. The summed E-state index contributed by atoms with van der Waals surface area (Å²) in [6, 6.07) is 0. The Labute approximate surface area is 663 Å². The molecule has 0 saturated heterocycles. The molecule has 107 heavy (non-hydrogen) atoms. The number of carboxylic acids is 1. The molecule has 0 heterocycles. The number of carboxylic acid groups (broad SMARTS) is 1. The summed E-state index contributed by atoms with van der Waals surface area (Å²) in [6.07, 6.45) is 122. The second-order valence-corrected chi connectivity index (χ2v) is 31.9.